The highest BCUT2D eigenvalue weighted by atomic mass is 19.1. The van der Waals surface area contributed by atoms with Gasteiger partial charge in [0.15, 0.2) is 0 Å². The molecule has 0 fully saturated rings. The molecule has 0 saturated carbocycles. The van der Waals surface area contributed by atoms with Crippen molar-refractivity contribution in [2.24, 2.45) is 0 Å². The monoisotopic (exact) mass is 432 g/mol. The number of fused-ring (bicyclic) bond motifs is 1. The minimum absolute atomic E-state index is 0.112. The van der Waals surface area contributed by atoms with Crippen LogP contribution in [0.5, 0.6) is 0 Å². The molecule has 0 bridgehead atoms. The molecule has 2 N–H and O–H groups in total. The third kappa shape index (κ3) is 4.45. The highest BCUT2D eigenvalue weighted by Crippen LogP contribution is 2.30. The summed E-state index contributed by atoms with van der Waals surface area (Å²) in [6.45, 7) is 3.08. The van der Waals surface area contributed by atoms with Crippen LogP contribution in [0.4, 0.5) is 20.6 Å². The van der Waals surface area contributed by atoms with E-state index in [0.717, 1.165) is 16.6 Å². The summed E-state index contributed by atoms with van der Waals surface area (Å²) >= 11 is 0. The number of benzene rings is 2. The summed E-state index contributed by atoms with van der Waals surface area (Å²) in [5.74, 6) is -0.531. The van der Waals surface area contributed by atoms with E-state index in [1.807, 2.05) is 62.4 Å². The molecule has 0 aliphatic carbocycles. The Bertz CT molecular complexity index is 1240. The number of hydrogen-bond acceptors (Lipinski definition) is 4. The van der Waals surface area contributed by atoms with Crippen molar-refractivity contribution in [1.29, 1.82) is 0 Å². The van der Waals surface area contributed by atoms with Crippen LogP contribution in [0.25, 0.3) is 22.3 Å². The van der Waals surface area contributed by atoms with Crippen LogP contribution in [-0.2, 0) is 0 Å². The molecule has 4 rings (SSSR count). The number of H-pyrrole nitrogens is 1. The van der Waals surface area contributed by atoms with Crippen molar-refractivity contribution >= 4 is 28.4 Å². The predicted octanol–water partition coefficient (Wildman–Crippen LogP) is 4.67. The predicted molar refractivity (Wildman–Crippen MR) is 125 cm³/mol. The van der Waals surface area contributed by atoms with Gasteiger partial charge in [0.05, 0.1) is 11.4 Å². The highest BCUT2D eigenvalue weighted by Gasteiger charge is 2.18. The molecule has 0 saturated heterocycles. The molecule has 2 aromatic carbocycles. The molecule has 0 atom stereocenters. The van der Waals surface area contributed by atoms with Crippen LogP contribution in [0.3, 0.4) is 0 Å². The molecule has 0 spiro atoms. The van der Waals surface area contributed by atoms with Crippen molar-refractivity contribution in [3.63, 3.8) is 0 Å². The van der Waals surface area contributed by atoms with Crippen molar-refractivity contribution in [3.05, 3.63) is 72.4 Å². The zero-order chi connectivity index (χ0) is 22.7. The molecule has 8 heteroatoms. The normalized spacial score (nSPS) is 11.2. The summed E-state index contributed by atoms with van der Waals surface area (Å²) in [6, 6.07) is 13.6. The highest BCUT2D eigenvalue weighted by molar-refractivity contribution is 6.02. The van der Waals surface area contributed by atoms with Crippen molar-refractivity contribution in [3.8, 4) is 11.3 Å². The first-order valence-electron chi connectivity index (χ1n) is 10.3. The Morgan fingerprint density at radius 2 is 1.88 bits per heavy atom. The van der Waals surface area contributed by atoms with E-state index in [0.29, 0.717) is 30.0 Å². The second kappa shape index (κ2) is 9.15. The van der Waals surface area contributed by atoms with Crippen LogP contribution in [0.15, 0.2) is 61.1 Å². The summed E-state index contributed by atoms with van der Waals surface area (Å²) < 4.78 is 15.0. The van der Waals surface area contributed by atoms with Gasteiger partial charge < -0.3 is 15.2 Å². The molecule has 32 heavy (non-hydrogen) atoms. The first-order valence-corrected chi connectivity index (χ1v) is 10.3. The average molecular weight is 433 g/mol. The van der Waals surface area contributed by atoms with Gasteiger partial charge in [-0.2, -0.15) is 0 Å². The number of carbonyl (C=O) groups is 1. The van der Waals surface area contributed by atoms with E-state index in [4.69, 9.17) is 0 Å². The molecular weight excluding hydrogens is 407 g/mol. The molecule has 0 unspecified atom stereocenters. The van der Waals surface area contributed by atoms with Crippen LogP contribution in [-0.4, -0.2) is 53.1 Å². The van der Waals surface area contributed by atoms with Crippen LogP contribution < -0.4 is 10.2 Å². The number of aryl methyl sites for hydroxylation is 1. The molecule has 164 valence electrons. The number of halogens is 1. The number of para-hydroxylation sites is 1. The van der Waals surface area contributed by atoms with Gasteiger partial charge >= 0.3 is 6.03 Å². The third-order valence-corrected chi connectivity index (χ3v) is 5.23. The first kappa shape index (κ1) is 21.5. The minimum Gasteiger partial charge on any atom is -0.346 e. The fraction of sp³-hybridized carbons (Fsp3) is 0.208. The van der Waals surface area contributed by atoms with Crippen molar-refractivity contribution in [2.75, 3.05) is 37.4 Å². The van der Waals surface area contributed by atoms with E-state index >= 15 is 4.39 Å². The summed E-state index contributed by atoms with van der Waals surface area (Å²) in [5.41, 5.74) is 3.79. The number of hydrogen-bond donors (Lipinski definition) is 2. The van der Waals surface area contributed by atoms with E-state index in [9.17, 15) is 4.79 Å². The second-order valence-corrected chi connectivity index (χ2v) is 7.83. The Kier molecular flexibility index (Phi) is 6.13. The number of rotatable bonds is 6. The molecule has 2 aromatic heterocycles. The van der Waals surface area contributed by atoms with Crippen molar-refractivity contribution in [1.82, 2.24) is 19.9 Å². The molecule has 0 aliphatic heterocycles. The zero-order valence-corrected chi connectivity index (χ0v) is 18.3. The Balaban J connectivity index is 1.60. The third-order valence-electron chi connectivity index (χ3n) is 5.23. The van der Waals surface area contributed by atoms with Gasteiger partial charge in [-0.3, -0.25) is 4.90 Å². The van der Waals surface area contributed by atoms with E-state index in [2.05, 4.69) is 20.3 Å². The minimum atomic E-state index is -0.531. The maximum atomic E-state index is 15.0. The Hall–Kier alpha value is -3.78. The van der Waals surface area contributed by atoms with Gasteiger partial charge in [-0.05, 0) is 50.8 Å². The van der Waals surface area contributed by atoms with Gasteiger partial charge in [-0.1, -0.05) is 24.3 Å². The molecule has 2 heterocycles. The number of urea groups is 1. The maximum absolute atomic E-state index is 15.0. The van der Waals surface area contributed by atoms with Crippen LogP contribution >= 0.6 is 0 Å². The Morgan fingerprint density at radius 1 is 1.09 bits per heavy atom. The topological polar surface area (TPSA) is 77.1 Å². The van der Waals surface area contributed by atoms with Gasteiger partial charge in [-0.15, -0.1) is 0 Å². The molecule has 2 amide bonds. The van der Waals surface area contributed by atoms with Crippen LogP contribution in [0, 0.1) is 12.7 Å². The summed E-state index contributed by atoms with van der Waals surface area (Å²) in [6.07, 6.45) is 3.30. The lowest BCUT2D eigenvalue weighted by atomic mass is 10.1. The molecule has 7 nitrogen and oxygen atoms in total. The fourth-order valence-corrected chi connectivity index (χ4v) is 3.54. The van der Waals surface area contributed by atoms with Crippen molar-refractivity contribution in [2.45, 2.75) is 6.92 Å². The number of likely N-dealkylation sites (N-methyl/N-ethyl adjacent to an activating group) is 1. The molecule has 4 aromatic rings. The van der Waals surface area contributed by atoms with Gasteiger partial charge in [0.2, 0.25) is 0 Å². The molecular formula is C24H25FN6O. The zero-order valence-electron chi connectivity index (χ0n) is 18.3. The van der Waals surface area contributed by atoms with Gasteiger partial charge in [0.1, 0.15) is 17.8 Å². The summed E-state index contributed by atoms with van der Waals surface area (Å²) in [5, 5.41) is 3.56. The van der Waals surface area contributed by atoms with Crippen LogP contribution in [0.2, 0.25) is 0 Å². The number of carbonyl (C=O) groups excluding carboxylic acids is 1. The van der Waals surface area contributed by atoms with E-state index in [1.165, 1.54) is 12.4 Å². The van der Waals surface area contributed by atoms with E-state index in [1.54, 1.807) is 17.0 Å². The first-order chi connectivity index (χ1) is 15.4. The number of nitrogens with one attached hydrogen (secondary N) is 2. The van der Waals surface area contributed by atoms with E-state index < -0.39 is 11.8 Å². The Morgan fingerprint density at radius 3 is 2.59 bits per heavy atom. The average Bonchev–Trinajstić information content (AvgIpc) is 3.17. The van der Waals surface area contributed by atoms with Crippen molar-refractivity contribution < 1.29 is 9.18 Å². The SMILES string of the molecule is Cc1c[nH]c2ncnc(-c3ccc(NC(=O)N(CCN(C)C)c4ccccc4)c(F)c3)c12. The van der Waals surface area contributed by atoms with Gasteiger partial charge in [-0.25, -0.2) is 19.2 Å². The fourth-order valence-electron chi connectivity index (χ4n) is 3.54. The lowest BCUT2D eigenvalue weighted by Crippen LogP contribution is -2.39. The van der Waals surface area contributed by atoms with Crippen LogP contribution in [0.1, 0.15) is 5.56 Å². The van der Waals surface area contributed by atoms with E-state index in [-0.39, 0.29) is 5.69 Å². The smallest absolute Gasteiger partial charge is 0.326 e. The molecule has 0 radical (unpaired) electrons. The standard InChI is InChI=1S/C24H25FN6O/c1-16-14-26-23-21(16)22(27-15-28-23)17-9-10-20(19(25)13-17)29-24(32)31(12-11-30(2)3)18-7-5-4-6-8-18/h4-10,13-15H,11-12H2,1-3H3,(H,29,32)(H,26,27,28). The Labute approximate surface area is 185 Å². The van der Waals surface area contributed by atoms with Gasteiger partial charge in [0.25, 0.3) is 0 Å². The number of amides is 2. The quantitative estimate of drug-likeness (QED) is 0.464. The lowest BCUT2D eigenvalue weighted by Gasteiger charge is -2.25. The summed E-state index contributed by atoms with van der Waals surface area (Å²) in [7, 11) is 3.88. The summed E-state index contributed by atoms with van der Waals surface area (Å²) in [4.78, 5) is 28.3. The largest absolute Gasteiger partial charge is 0.346 e. The second-order valence-electron chi connectivity index (χ2n) is 7.83. The number of aromatic amines is 1. The molecule has 0 aliphatic rings. The number of aromatic nitrogens is 3. The number of anilines is 2. The maximum Gasteiger partial charge on any atom is 0.326 e. The van der Waals surface area contributed by atoms with Gasteiger partial charge in [0, 0.05) is 35.9 Å². The lowest BCUT2D eigenvalue weighted by molar-refractivity contribution is 0.256. The number of nitrogens with zero attached hydrogens (tertiary/aromatic N) is 4.